The third-order valence-corrected chi connectivity index (χ3v) is 7.80. The maximum absolute atomic E-state index is 13.0. The number of hydrogen-bond acceptors (Lipinski definition) is 6. The summed E-state index contributed by atoms with van der Waals surface area (Å²) in [5.41, 5.74) is 3.80. The largest absolute Gasteiger partial charge is 0.484 e. The van der Waals surface area contributed by atoms with E-state index in [1.54, 1.807) is 36.4 Å². The molecule has 0 radical (unpaired) electrons. The van der Waals surface area contributed by atoms with E-state index in [0.717, 1.165) is 0 Å². The van der Waals surface area contributed by atoms with Crippen molar-refractivity contribution in [2.45, 2.75) is 23.8 Å². The van der Waals surface area contributed by atoms with E-state index >= 15 is 0 Å². The molecule has 1 aliphatic rings. The lowest BCUT2D eigenvalue weighted by Crippen LogP contribution is -2.44. The monoisotopic (exact) mass is 540 g/mol. The van der Waals surface area contributed by atoms with Gasteiger partial charge in [0.15, 0.2) is 6.61 Å². The third kappa shape index (κ3) is 6.94. The van der Waals surface area contributed by atoms with Gasteiger partial charge in [-0.25, -0.2) is 13.8 Å². The highest BCUT2D eigenvalue weighted by molar-refractivity contribution is 7.89. The number of nitrogens with one attached hydrogen (secondary N) is 2. The molecule has 0 aromatic heterocycles. The highest BCUT2D eigenvalue weighted by Gasteiger charge is 2.39. The second-order valence-corrected chi connectivity index (χ2v) is 10.6. The smallest absolute Gasteiger partial charge is 0.262 e. The number of hydrogen-bond donors (Lipinski definition) is 2. The van der Waals surface area contributed by atoms with Crippen LogP contribution in [0, 0.1) is 0 Å². The highest BCUT2D eigenvalue weighted by atomic mass is 35.5. The van der Waals surface area contributed by atoms with E-state index in [-0.39, 0.29) is 24.0 Å². The van der Waals surface area contributed by atoms with Crippen molar-refractivity contribution in [3.8, 4) is 5.75 Å². The van der Waals surface area contributed by atoms with Crippen molar-refractivity contribution in [2.75, 3.05) is 18.5 Å². The number of carbonyl (C=O) groups excluding carboxylic acids is 2. The molecule has 11 heteroatoms. The number of rotatable bonds is 9. The number of hydrazone groups is 1. The average Bonchev–Trinajstić information content (AvgIpc) is 3.40. The Bertz CT molecular complexity index is 1360. The quantitative estimate of drug-likeness (QED) is 0.317. The molecule has 2 N–H and O–H groups in total. The summed E-state index contributed by atoms with van der Waals surface area (Å²) in [5.74, 6) is -0.285. The molecule has 0 saturated carbocycles. The molecule has 0 aliphatic carbocycles. The van der Waals surface area contributed by atoms with Crippen LogP contribution in [0.4, 0.5) is 5.69 Å². The van der Waals surface area contributed by atoms with Crippen LogP contribution in [-0.4, -0.2) is 49.9 Å². The minimum Gasteiger partial charge on any atom is -0.484 e. The summed E-state index contributed by atoms with van der Waals surface area (Å²) >= 11 is 5.86. The van der Waals surface area contributed by atoms with Gasteiger partial charge >= 0.3 is 0 Å². The van der Waals surface area contributed by atoms with Crippen LogP contribution in [0.3, 0.4) is 0 Å². The van der Waals surface area contributed by atoms with Crippen LogP contribution in [0.25, 0.3) is 0 Å². The highest BCUT2D eigenvalue weighted by Crippen LogP contribution is 2.27. The predicted molar refractivity (Wildman–Crippen MR) is 141 cm³/mol. The molecule has 3 aromatic carbocycles. The van der Waals surface area contributed by atoms with Gasteiger partial charge in [0.05, 0.1) is 11.1 Å². The van der Waals surface area contributed by atoms with Crippen LogP contribution < -0.4 is 15.5 Å². The number of carbonyl (C=O) groups is 2. The number of benzene rings is 3. The van der Waals surface area contributed by atoms with Crippen molar-refractivity contribution in [2.24, 2.45) is 5.10 Å². The molecule has 1 aliphatic heterocycles. The second kappa shape index (κ2) is 12.0. The van der Waals surface area contributed by atoms with Crippen molar-refractivity contribution >= 4 is 45.3 Å². The first-order valence-corrected chi connectivity index (χ1v) is 13.3. The van der Waals surface area contributed by atoms with Crippen LogP contribution in [-0.2, 0) is 19.6 Å². The lowest BCUT2D eigenvalue weighted by atomic mass is 10.2. The molecule has 0 spiro atoms. The summed E-state index contributed by atoms with van der Waals surface area (Å²) in [4.78, 5) is 24.8. The van der Waals surface area contributed by atoms with Crippen molar-refractivity contribution in [3.05, 3.63) is 89.4 Å². The fraction of sp³-hybridized carbons (Fsp3) is 0.192. The average molecular weight is 541 g/mol. The minimum atomic E-state index is -3.84. The van der Waals surface area contributed by atoms with E-state index in [9.17, 15) is 18.0 Å². The molecule has 0 bridgehead atoms. The molecular weight excluding hydrogens is 516 g/mol. The number of anilines is 1. The van der Waals surface area contributed by atoms with Gasteiger partial charge < -0.3 is 10.1 Å². The second-order valence-electron chi connectivity index (χ2n) is 8.23. The van der Waals surface area contributed by atoms with Crippen LogP contribution >= 0.6 is 11.6 Å². The molecule has 2 amide bonds. The molecule has 1 atom stereocenters. The summed E-state index contributed by atoms with van der Waals surface area (Å²) in [6.45, 7) is 0.104. The van der Waals surface area contributed by atoms with Crippen molar-refractivity contribution in [3.63, 3.8) is 0 Å². The summed E-state index contributed by atoms with van der Waals surface area (Å²) in [6.07, 6.45) is 2.41. The van der Waals surface area contributed by atoms with E-state index in [1.807, 2.05) is 18.2 Å². The van der Waals surface area contributed by atoms with E-state index in [0.29, 0.717) is 34.9 Å². The lowest BCUT2D eigenvalue weighted by molar-refractivity contribution is -0.124. The first kappa shape index (κ1) is 26.3. The zero-order valence-electron chi connectivity index (χ0n) is 19.7. The zero-order chi connectivity index (χ0) is 26.3. The third-order valence-electron chi connectivity index (χ3n) is 5.62. The number of nitrogens with zero attached hydrogens (tertiary/aromatic N) is 2. The number of para-hydroxylation sites is 1. The molecule has 37 heavy (non-hydrogen) atoms. The van der Waals surface area contributed by atoms with Gasteiger partial charge in [-0.3, -0.25) is 9.59 Å². The summed E-state index contributed by atoms with van der Waals surface area (Å²) in [7, 11) is -3.84. The van der Waals surface area contributed by atoms with Crippen molar-refractivity contribution in [1.82, 2.24) is 9.73 Å². The van der Waals surface area contributed by atoms with Crippen molar-refractivity contribution in [1.29, 1.82) is 0 Å². The Morgan fingerprint density at radius 2 is 1.73 bits per heavy atom. The van der Waals surface area contributed by atoms with Crippen LogP contribution in [0.1, 0.15) is 18.4 Å². The Kier molecular flexibility index (Phi) is 8.54. The Hall–Kier alpha value is -3.73. The molecule has 1 saturated heterocycles. The Morgan fingerprint density at radius 3 is 2.43 bits per heavy atom. The van der Waals surface area contributed by atoms with Crippen LogP contribution in [0.2, 0.25) is 5.02 Å². The van der Waals surface area contributed by atoms with Gasteiger partial charge in [0.25, 0.3) is 11.8 Å². The Morgan fingerprint density at radius 1 is 1.03 bits per heavy atom. The molecule has 3 aromatic rings. The maximum atomic E-state index is 13.0. The number of halogens is 1. The molecule has 1 heterocycles. The molecule has 0 unspecified atom stereocenters. The molecule has 9 nitrogen and oxygen atoms in total. The normalized spacial score (nSPS) is 16.0. The van der Waals surface area contributed by atoms with Gasteiger partial charge in [-0.2, -0.15) is 9.41 Å². The van der Waals surface area contributed by atoms with E-state index in [2.05, 4.69) is 15.8 Å². The summed E-state index contributed by atoms with van der Waals surface area (Å²) in [6, 6.07) is 20.9. The SMILES string of the molecule is O=C(COc1ccc(/C=N\NC(=O)[C@@H]2CCCN2S(=O)(=O)c2ccc(Cl)cc2)cc1)Nc1ccccc1. The van der Waals surface area contributed by atoms with Gasteiger partial charge in [-0.15, -0.1) is 0 Å². The Labute approximate surface area is 220 Å². The van der Waals surface area contributed by atoms with E-state index < -0.39 is 22.0 Å². The molecular formula is C26H25ClN4O5S. The van der Waals surface area contributed by atoms with Crippen molar-refractivity contribution < 1.29 is 22.7 Å². The standard InChI is InChI=1S/C26H25ClN4O5S/c27-20-10-14-23(15-11-20)37(34,35)31-16-4-7-24(31)26(33)30-28-17-19-8-12-22(13-9-19)36-18-25(32)29-21-5-2-1-3-6-21/h1-3,5-6,8-15,17,24H,4,7,16,18H2,(H,29,32)(H,30,33)/b28-17-/t24-/m0/s1. The predicted octanol–water partition coefficient (Wildman–Crippen LogP) is 3.66. The topological polar surface area (TPSA) is 117 Å². The molecule has 192 valence electrons. The van der Waals surface area contributed by atoms with Gasteiger partial charge in [-0.1, -0.05) is 29.8 Å². The number of sulfonamides is 1. The van der Waals surface area contributed by atoms with E-state index in [4.69, 9.17) is 16.3 Å². The fourth-order valence-electron chi connectivity index (χ4n) is 3.79. The first-order valence-electron chi connectivity index (χ1n) is 11.5. The van der Waals surface area contributed by atoms with Crippen LogP contribution in [0.5, 0.6) is 5.75 Å². The number of amides is 2. The summed E-state index contributed by atoms with van der Waals surface area (Å²) in [5, 5.41) is 7.13. The lowest BCUT2D eigenvalue weighted by Gasteiger charge is -2.22. The van der Waals surface area contributed by atoms with E-state index in [1.165, 1.54) is 34.8 Å². The van der Waals surface area contributed by atoms with Crippen LogP contribution in [0.15, 0.2) is 88.9 Å². The number of ether oxygens (including phenoxy) is 1. The van der Waals surface area contributed by atoms with Gasteiger partial charge in [0.1, 0.15) is 11.8 Å². The van der Waals surface area contributed by atoms with Gasteiger partial charge in [0.2, 0.25) is 10.0 Å². The first-order chi connectivity index (χ1) is 17.8. The van der Waals surface area contributed by atoms with Gasteiger partial charge in [0, 0.05) is 17.3 Å². The maximum Gasteiger partial charge on any atom is 0.262 e. The fourth-order valence-corrected chi connectivity index (χ4v) is 5.58. The van der Waals surface area contributed by atoms with Gasteiger partial charge in [-0.05, 0) is 79.1 Å². The zero-order valence-corrected chi connectivity index (χ0v) is 21.3. The summed E-state index contributed by atoms with van der Waals surface area (Å²) < 4.78 is 32.7. The molecule has 1 fully saturated rings. The molecule has 4 rings (SSSR count). The minimum absolute atomic E-state index is 0.0833. The Balaban J connectivity index is 1.28.